The Bertz CT molecular complexity index is 617. The van der Waals surface area contributed by atoms with Gasteiger partial charge in [0.2, 0.25) is 0 Å². The minimum Gasteiger partial charge on any atom is -0.327 e. The molecule has 2 nitrogen and oxygen atoms in total. The highest BCUT2D eigenvalue weighted by Gasteiger charge is 2.30. The summed E-state index contributed by atoms with van der Waals surface area (Å²) < 4.78 is 0. The fourth-order valence-corrected chi connectivity index (χ4v) is 4.16. The summed E-state index contributed by atoms with van der Waals surface area (Å²) in [5.74, 6) is 0. The van der Waals surface area contributed by atoms with Crippen LogP contribution in [0.4, 0.5) is 0 Å². The standard InChI is InChI=1S/C20H24N2/c21-17-8-5-13-22(14-17)20-18-9-3-1-6-15(18)11-12-16-7-2-4-10-19(16)20/h1-4,6-7,9-10,17,20H,5,8,11-14,21H2/t17-/m0/s1. The summed E-state index contributed by atoms with van der Waals surface area (Å²) in [6.07, 6.45) is 4.65. The van der Waals surface area contributed by atoms with Crippen molar-refractivity contribution in [1.82, 2.24) is 4.90 Å². The van der Waals surface area contributed by atoms with Crippen molar-refractivity contribution in [2.75, 3.05) is 13.1 Å². The van der Waals surface area contributed by atoms with Gasteiger partial charge in [0.05, 0.1) is 6.04 Å². The number of aryl methyl sites for hydroxylation is 2. The molecule has 2 aliphatic rings. The van der Waals surface area contributed by atoms with Crippen LogP contribution in [0.1, 0.15) is 41.1 Å². The van der Waals surface area contributed by atoms with Crippen LogP contribution in [0.25, 0.3) is 0 Å². The summed E-state index contributed by atoms with van der Waals surface area (Å²) in [7, 11) is 0. The van der Waals surface area contributed by atoms with Crippen LogP contribution in [0, 0.1) is 0 Å². The average Bonchev–Trinajstić information content (AvgIpc) is 2.71. The van der Waals surface area contributed by atoms with Crippen molar-refractivity contribution in [3.05, 3.63) is 70.8 Å². The van der Waals surface area contributed by atoms with Gasteiger partial charge in [0, 0.05) is 12.6 Å². The van der Waals surface area contributed by atoms with E-state index in [9.17, 15) is 0 Å². The smallest absolute Gasteiger partial charge is 0.0607 e. The molecule has 0 amide bonds. The van der Waals surface area contributed by atoms with Crippen LogP contribution in [0.3, 0.4) is 0 Å². The Morgan fingerprint density at radius 3 is 2.05 bits per heavy atom. The SMILES string of the molecule is N[C@H]1CCCN(C2c3ccccc3CCc3ccccc32)C1. The minimum absolute atomic E-state index is 0.316. The van der Waals surface area contributed by atoms with Crippen LogP contribution in [-0.2, 0) is 12.8 Å². The van der Waals surface area contributed by atoms with Crippen molar-refractivity contribution in [1.29, 1.82) is 0 Å². The van der Waals surface area contributed by atoms with E-state index in [0.29, 0.717) is 12.1 Å². The van der Waals surface area contributed by atoms with E-state index in [4.69, 9.17) is 5.73 Å². The molecule has 22 heavy (non-hydrogen) atoms. The fraction of sp³-hybridized carbons (Fsp3) is 0.400. The molecule has 2 aromatic rings. The summed E-state index contributed by atoms with van der Waals surface area (Å²) >= 11 is 0. The molecule has 0 radical (unpaired) electrons. The number of benzene rings is 2. The fourth-order valence-electron chi connectivity index (χ4n) is 4.16. The first-order valence-corrected chi connectivity index (χ1v) is 8.48. The van der Waals surface area contributed by atoms with Gasteiger partial charge >= 0.3 is 0 Å². The maximum atomic E-state index is 6.27. The number of hydrogen-bond donors (Lipinski definition) is 1. The van der Waals surface area contributed by atoms with Gasteiger partial charge in [0.15, 0.2) is 0 Å². The maximum Gasteiger partial charge on any atom is 0.0607 e. The van der Waals surface area contributed by atoms with E-state index in [-0.39, 0.29) is 0 Å². The molecule has 0 unspecified atom stereocenters. The maximum absolute atomic E-state index is 6.27. The van der Waals surface area contributed by atoms with Crippen LogP contribution in [0.5, 0.6) is 0 Å². The van der Waals surface area contributed by atoms with Crippen molar-refractivity contribution in [2.24, 2.45) is 5.73 Å². The molecule has 1 atom stereocenters. The van der Waals surface area contributed by atoms with E-state index in [1.807, 2.05) is 0 Å². The number of rotatable bonds is 1. The molecule has 1 saturated heterocycles. The Morgan fingerprint density at radius 2 is 1.45 bits per heavy atom. The van der Waals surface area contributed by atoms with Crippen LogP contribution >= 0.6 is 0 Å². The molecule has 1 heterocycles. The third-order valence-corrected chi connectivity index (χ3v) is 5.22. The summed E-state index contributed by atoms with van der Waals surface area (Å²) in [5.41, 5.74) is 12.2. The second-order valence-electron chi connectivity index (χ2n) is 6.70. The number of nitrogens with two attached hydrogens (primary N) is 1. The minimum atomic E-state index is 0.316. The van der Waals surface area contributed by atoms with Crippen molar-refractivity contribution in [3.63, 3.8) is 0 Å². The summed E-state index contributed by atoms with van der Waals surface area (Å²) in [6.45, 7) is 2.16. The molecule has 0 bridgehead atoms. The number of likely N-dealkylation sites (tertiary alicyclic amines) is 1. The second-order valence-corrected chi connectivity index (χ2v) is 6.70. The molecule has 2 aromatic carbocycles. The highest BCUT2D eigenvalue weighted by Crippen LogP contribution is 2.37. The average molecular weight is 292 g/mol. The highest BCUT2D eigenvalue weighted by molar-refractivity contribution is 5.44. The van der Waals surface area contributed by atoms with Crippen LogP contribution in [-0.4, -0.2) is 24.0 Å². The molecule has 1 fully saturated rings. The Balaban J connectivity index is 1.83. The Kier molecular flexibility index (Phi) is 3.73. The predicted molar refractivity (Wildman–Crippen MR) is 90.9 cm³/mol. The number of hydrogen-bond acceptors (Lipinski definition) is 2. The van der Waals surface area contributed by atoms with Crippen LogP contribution < -0.4 is 5.73 Å². The first kappa shape index (κ1) is 14.0. The monoisotopic (exact) mass is 292 g/mol. The van der Waals surface area contributed by atoms with Gasteiger partial charge < -0.3 is 5.73 Å². The zero-order valence-electron chi connectivity index (χ0n) is 13.0. The largest absolute Gasteiger partial charge is 0.327 e. The molecule has 0 saturated carbocycles. The highest BCUT2D eigenvalue weighted by atomic mass is 15.2. The van der Waals surface area contributed by atoms with Gasteiger partial charge in [-0.05, 0) is 54.5 Å². The van der Waals surface area contributed by atoms with E-state index in [0.717, 1.165) is 32.4 Å². The van der Waals surface area contributed by atoms with Gasteiger partial charge in [-0.25, -0.2) is 0 Å². The summed E-state index contributed by atoms with van der Waals surface area (Å²) in [5, 5.41) is 0. The lowest BCUT2D eigenvalue weighted by Gasteiger charge is -2.38. The Hall–Kier alpha value is -1.64. The third kappa shape index (κ3) is 2.47. The van der Waals surface area contributed by atoms with E-state index in [1.54, 1.807) is 0 Å². The quantitative estimate of drug-likeness (QED) is 0.874. The zero-order valence-corrected chi connectivity index (χ0v) is 13.0. The lowest BCUT2D eigenvalue weighted by atomic mass is 9.91. The van der Waals surface area contributed by atoms with E-state index in [1.165, 1.54) is 28.7 Å². The number of fused-ring (bicyclic) bond motifs is 2. The third-order valence-electron chi connectivity index (χ3n) is 5.22. The molecule has 4 rings (SSSR count). The van der Waals surface area contributed by atoms with E-state index < -0.39 is 0 Å². The second kappa shape index (κ2) is 5.86. The van der Waals surface area contributed by atoms with E-state index in [2.05, 4.69) is 53.4 Å². The lowest BCUT2D eigenvalue weighted by Crippen LogP contribution is -2.44. The van der Waals surface area contributed by atoms with Gasteiger partial charge in [0.25, 0.3) is 0 Å². The van der Waals surface area contributed by atoms with Crippen LogP contribution in [0.15, 0.2) is 48.5 Å². The molecule has 0 aromatic heterocycles. The molecular weight excluding hydrogens is 268 g/mol. The van der Waals surface area contributed by atoms with Crippen molar-refractivity contribution >= 4 is 0 Å². The van der Waals surface area contributed by atoms with Crippen molar-refractivity contribution < 1.29 is 0 Å². The molecule has 2 heteroatoms. The Morgan fingerprint density at radius 1 is 0.864 bits per heavy atom. The van der Waals surface area contributed by atoms with E-state index >= 15 is 0 Å². The Labute approximate surface area is 132 Å². The molecule has 0 spiro atoms. The summed E-state index contributed by atoms with van der Waals surface area (Å²) in [6, 6.07) is 18.7. The van der Waals surface area contributed by atoms with Crippen molar-refractivity contribution in [2.45, 2.75) is 37.8 Å². The molecule has 1 aliphatic carbocycles. The first-order valence-electron chi connectivity index (χ1n) is 8.48. The van der Waals surface area contributed by atoms with Gasteiger partial charge in [0.1, 0.15) is 0 Å². The van der Waals surface area contributed by atoms with Crippen molar-refractivity contribution in [3.8, 4) is 0 Å². The molecular formula is C20H24N2. The van der Waals surface area contributed by atoms with Gasteiger partial charge in [-0.2, -0.15) is 0 Å². The molecule has 2 N–H and O–H groups in total. The first-order chi connectivity index (χ1) is 10.8. The number of piperidine rings is 1. The topological polar surface area (TPSA) is 29.3 Å². The normalized spacial score (nSPS) is 22.7. The lowest BCUT2D eigenvalue weighted by molar-refractivity contribution is 0.170. The van der Waals surface area contributed by atoms with Crippen LogP contribution in [0.2, 0.25) is 0 Å². The number of nitrogens with zero attached hydrogens (tertiary/aromatic N) is 1. The zero-order chi connectivity index (χ0) is 14.9. The predicted octanol–water partition coefficient (Wildman–Crippen LogP) is 3.30. The summed E-state index contributed by atoms with van der Waals surface area (Å²) in [4.78, 5) is 2.61. The van der Waals surface area contributed by atoms with Gasteiger partial charge in [-0.3, -0.25) is 4.90 Å². The van der Waals surface area contributed by atoms with Gasteiger partial charge in [-0.15, -0.1) is 0 Å². The van der Waals surface area contributed by atoms with Gasteiger partial charge in [-0.1, -0.05) is 48.5 Å². The molecule has 1 aliphatic heterocycles. The molecule has 114 valence electrons.